The van der Waals surface area contributed by atoms with Gasteiger partial charge in [-0.25, -0.2) is 4.68 Å². The van der Waals surface area contributed by atoms with Gasteiger partial charge in [0.05, 0.1) is 6.20 Å². The highest BCUT2D eigenvalue weighted by molar-refractivity contribution is 6.00. The maximum Gasteiger partial charge on any atom is 0.259 e. The SMILES string of the molecule is Cc1cc(C=C(C#N)C(N)=O)c(C)n1-c1ccnn1C(C)C. The van der Waals surface area contributed by atoms with Crippen LogP contribution in [0.15, 0.2) is 23.9 Å². The summed E-state index contributed by atoms with van der Waals surface area (Å²) in [5.74, 6) is 0.224. The molecule has 0 aliphatic carbocycles. The van der Waals surface area contributed by atoms with Gasteiger partial charge in [0.15, 0.2) is 0 Å². The molecule has 2 heterocycles. The Morgan fingerprint density at radius 2 is 2.14 bits per heavy atom. The molecule has 0 bridgehead atoms. The third-order valence-electron chi connectivity index (χ3n) is 3.52. The highest BCUT2D eigenvalue weighted by Crippen LogP contribution is 2.24. The molecule has 2 aromatic rings. The van der Waals surface area contributed by atoms with E-state index in [1.54, 1.807) is 6.20 Å². The Bertz CT molecular complexity index is 786. The number of hydrogen-bond acceptors (Lipinski definition) is 3. The zero-order chi connectivity index (χ0) is 16.4. The van der Waals surface area contributed by atoms with Crippen LogP contribution in [0.5, 0.6) is 0 Å². The van der Waals surface area contributed by atoms with Gasteiger partial charge in [-0.05, 0) is 45.4 Å². The molecule has 2 N–H and O–H groups in total. The normalized spacial score (nSPS) is 11.7. The summed E-state index contributed by atoms with van der Waals surface area (Å²) in [6, 6.07) is 5.92. The summed E-state index contributed by atoms with van der Waals surface area (Å²) in [5.41, 5.74) is 7.85. The number of carbonyl (C=O) groups is 1. The fourth-order valence-corrected chi connectivity index (χ4v) is 2.48. The van der Waals surface area contributed by atoms with Crippen molar-refractivity contribution in [2.75, 3.05) is 0 Å². The number of amides is 1. The third-order valence-corrected chi connectivity index (χ3v) is 3.52. The van der Waals surface area contributed by atoms with Crippen molar-refractivity contribution in [3.63, 3.8) is 0 Å². The summed E-state index contributed by atoms with van der Waals surface area (Å²) in [5, 5.41) is 13.3. The number of carbonyl (C=O) groups excluding carboxylic acids is 1. The first-order chi connectivity index (χ1) is 10.4. The predicted octanol–water partition coefficient (Wildman–Crippen LogP) is 2.26. The molecule has 0 radical (unpaired) electrons. The summed E-state index contributed by atoms with van der Waals surface area (Å²) in [6.07, 6.45) is 3.28. The summed E-state index contributed by atoms with van der Waals surface area (Å²) < 4.78 is 3.97. The molecule has 0 fully saturated rings. The highest BCUT2D eigenvalue weighted by atomic mass is 16.1. The molecule has 0 spiro atoms. The molecular weight excluding hydrogens is 278 g/mol. The zero-order valence-corrected chi connectivity index (χ0v) is 13.2. The van der Waals surface area contributed by atoms with Crippen LogP contribution in [0.2, 0.25) is 0 Å². The van der Waals surface area contributed by atoms with E-state index in [0.29, 0.717) is 0 Å². The number of nitriles is 1. The van der Waals surface area contributed by atoms with E-state index in [1.165, 1.54) is 6.08 Å². The molecule has 22 heavy (non-hydrogen) atoms. The van der Waals surface area contributed by atoms with E-state index in [0.717, 1.165) is 22.8 Å². The molecule has 1 amide bonds. The van der Waals surface area contributed by atoms with Crippen molar-refractivity contribution < 1.29 is 4.79 Å². The number of aryl methyl sites for hydroxylation is 1. The molecule has 0 aromatic carbocycles. The smallest absolute Gasteiger partial charge is 0.259 e. The summed E-state index contributed by atoms with van der Waals surface area (Å²) >= 11 is 0. The average molecular weight is 297 g/mol. The van der Waals surface area contributed by atoms with Gasteiger partial charge in [-0.2, -0.15) is 10.4 Å². The Hall–Kier alpha value is -2.81. The van der Waals surface area contributed by atoms with Gasteiger partial charge in [0.2, 0.25) is 0 Å². The summed E-state index contributed by atoms with van der Waals surface area (Å²) in [7, 11) is 0. The number of nitrogens with zero attached hydrogens (tertiary/aromatic N) is 4. The van der Waals surface area contributed by atoms with E-state index in [-0.39, 0.29) is 11.6 Å². The summed E-state index contributed by atoms with van der Waals surface area (Å²) in [4.78, 5) is 11.2. The van der Waals surface area contributed by atoms with Crippen molar-refractivity contribution in [1.29, 1.82) is 5.26 Å². The number of rotatable bonds is 4. The Morgan fingerprint density at radius 1 is 1.45 bits per heavy atom. The number of hydrogen-bond donors (Lipinski definition) is 1. The van der Waals surface area contributed by atoms with Gasteiger partial charge in [-0.15, -0.1) is 0 Å². The minimum atomic E-state index is -0.723. The predicted molar refractivity (Wildman–Crippen MR) is 84.2 cm³/mol. The van der Waals surface area contributed by atoms with E-state index in [2.05, 4.69) is 23.5 Å². The average Bonchev–Trinajstić information content (AvgIpc) is 3.01. The van der Waals surface area contributed by atoms with E-state index in [1.807, 2.05) is 36.7 Å². The van der Waals surface area contributed by atoms with E-state index < -0.39 is 5.91 Å². The Kier molecular flexibility index (Phi) is 4.18. The van der Waals surface area contributed by atoms with Crippen LogP contribution in [-0.4, -0.2) is 20.3 Å². The standard InChI is InChI=1S/C16H19N5O/c1-10(2)21-15(5-6-19-21)20-11(3)7-13(12(20)4)8-14(9-17)16(18)22/h5-8,10H,1-4H3,(H2,18,22). The first kappa shape index (κ1) is 15.6. The molecule has 0 aliphatic rings. The van der Waals surface area contributed by atoms with Crippen LogP contribution in [0, 0.1) is 25.2 Å². The van der Waals surface area contributed by atoms with Crippen LogP contribution in [0.1, 0.15) is 36.8 Å². The largest absolute Gasteiger partial charge is 0.365 e. The van der Waals surface area contributed by atoms with Gasteiger partial charge in [0, 0.05) is 23.5 Å². The molecule has 114 valence electrons. The van der Waals surface area contributed by atoms with Gasteiger partial charge in [0.25, 0.3) is 5.91 Å². The van der Waals surface area contributed by atoms with Crippen LogP contribution in [0.25, 0.3) is 11.9 Å². The monoisotopic (exact) mass is 297 g/mol. The van der Waals surface area contributed by atoms with Gasteiger partial charge >= 0.3 is 0 Å². The molecule has 0 saturated heterocycles. The van der Waals surface area contributed by atoms with E-state index >= 15 is 0 Å². The van der Waals surface area contributed by atoms with Crippen molar-refractivity contribution in [2.45, 2.75) is 33.7 Å². The second-order valence-electron chi connectivity index (χ2n) is 5.42. The third kappa shape index (κ3) is 2.66. The second-order valence-corrected chi connectivity index (χ2v) is 5.42. The molecule has 0 atom stereocenters. The van der Waals surface area contributed by atoms with E-state index in [9.17, 15) is 4.79 Å². The van der Waals surface area contributed by atoms with Crippen LogP contribution in [0.4, 0.5) is 0 Å². The highest BCUT2D eigenvalue weighted by Gasteiger charge is 2.15. The minimum Gasteiger partial charge on any atom is -0.365 e. The maximum absolute atomic E-state index is 11.2. The first-order valence-electron chi connectivity index (χ1n) is 7.01. The van der Waals surface area contributed by atoms with Crippen molar-refractivity contribution in [1.82, 2.24) is 14.3 Å². The van der Waals surface area contributed by atoms with Crippen molar-refractivity contribution in [3.05, 3.63) is 40.9 Å². The lowest BCUT2D eigenvalue weighted by molar-refractivity contribution is -0.114. The van der Waals surface area contributed by atoms with Crippen molar-refractivity contribution in [2.24, 2.45) is 5.73 Å². The van der Waals surface area contributed by atoms with Crippen LogP contribution >= 0.6 is 0 Å². The summed E-state index contributed by atoms with van der Waals surface area (Å²) in [6.45, 7) is 8.03. The quantitative estimate of drug-likeness (QED) is 0.693. The Labute approximate surface area is 129 Å². The maximum atomic E-state index is 11.2. The lowest BCUT2D eigenvalue weighted by Crippen LogP contribution is -2.12. The van der Waals surface area contributed by atoms with Crippen LogP contribution in [-0.2, 0) is 4.79 Å². The van der Waals surface area contributed by atoms with Gasteiger partial charge < -0.3 is 10.3 Å². The molecule has 0 saturated carbocycles. The van der Waals surface area contributed by atoms with Crippen LogP contribution < -0.4 is 5.73 Å². The first-order valence-corrected chi connectivity index (χ1v) is 7.01. The lowest BCUT2D eigenvalue weighted by atomic mass is 10.1. The molecule has 0 aliphatic heterocycles. The second kappa shape index (κ2) is 5.90. The molecule has 6 heteroatoms. The van der Waals surface area contributed by atoms with Gasteiger partial charge in [-0.3, -0.25) is 4.79 Å². The van der Waals surface area contributed by atoms with Crippen molar-refractivity contribution >= 4 is 12.0 Å². The molecule has 2 aromatic heterocycles. The van der Waals surface area contributed by atoms with Gasteiger partial charge in [-0.1, -0.05) is 0 Å². The Morgan fingerprint density at radius 3 is 2.68 bits per heavy atom. The minimum absolute atomic E-state index is 0.0578. The molecule has 0 unspecified atom stereocenters. The van der Waals surface area contributed by atoms with E-state index in [4.69, 9.17) is 11.0 Å². The fourth-order valence-electron chi connectivity index (χ4n) is 2.48. The zero-order valence-electron chi connectivity index (χ0n) is 13.2. The molecule has 2 rings (SSSR count). The number of aromatic nitrogens is 3. The number of primary amides is 1. The fraction of sp³-hybridized carbons (Fsp3) is 0.312. The van der Waals surface area contributed by atoms with Gasteiger partial charge in [0.1, 0.15) is 17.5 Å². The number of nitrogens with two attached hydrogens (primary N) is 1. The lowest BCUT2D eigenvalue weighted by Gasteiger charge is -2.15. The Balaban J connectivity index is 2.60. The van der Waals surface area contributed by atoms with Crippen LogP contribution in [0.3, 0.4) is 0 Å². The molecular formula is C16H19N5O. The van der Waals surface area contributed by atoms with Crippen molar-refractivity contribution in [3.8, 4) is 11.9 Å². The topological polar surface area (TPSA) is 89.6 Å². The molecule has 6 nitrogen and oxygen atoms in total.